The molecule has 0 saturated carbocycles. The zero-order chi connectivity index (χ0) is 24.6. The molecule has 2 heterocycles. The summed E-state index contributed by atoms with van der Waals surface area (Å²) in [6.45, 7) is 6.44. The van der Waals surface area contributed by atoms with Crippen LogP contribution in [-0.4, -0.2) is 35.2 Å². The van der Waals surface area contributed by atoms with Gasteiger partial charge in [0.1, 0.15) is 0 Å². The maximum Gasteiger partial charge on any atom is 0.162 e. The van der Waals surface area contributed by atoms with Crippen molar-refractivity contribution in [2.75, 3.05) is 19.6 Å². The lowest BCUT2D eigenvalue weighted by molar-refractivity contribution is 0.0974. The third-order valence-corrected chi connectivity index (χ3v) is 8.06. The van der Waals surface area contributed by atoms with Gasteiger partial charge in [0.15, 0.2) is 5.78 Å². The van der Waals surface area contributed by atoms with Crippen molar-refractivity contribution in [2.24, 2.45) is 5.92 Å². The van der Waals surface area contributed by atoms with Crippen LogP contribution in [0.15, 0.2) is 78.9 Å². The highest BCUT2D eigenvalue weighted by Gasteiger charge is 2.20. The molecular formula is C33H40N2O. The van der Waals surface area contributed by atoms with Crippen LogP contribution >= 0.6 is 0 Å². The summed E-state index contributed by atoms with van der Waals surface area (Å²) in [6.07, 6.45) is 7.68. The highest BCUT2D eigenvalue weighted by atomic mass is 16.1. The van der Waals surface area contributed by atoms with E-state index in [4.69, 9.17) is 0 Å². The van der Waals surface area contributed by atoms with Crippen molar-refractivity contribution in [1.82, 2.24) is 9.80 Å². The van der Waals surface area contributed by atoms with Crippen LogP contribution in [0.4, 0.5) is 0 Å². The maximum absolute atomic E-state index is 13.1. The molecule has 3 nitrogen and oxygen atoms in total. The molecule has 0 bridgehead atoms. The minimum absolute atomic E-state index is 0.318. The Morgan fingerprint density at radius 1 is 0.750 bits per heavy atom. The summed E-state index contributed by atoms with van der Waals surface area (Å²) >= 11 is 0. The number of carbonyl (C=O) groups is 1. The molecule has 0 aromatic heterocycles. The molecule has 5 rings (SSSR count). The van der Waals surface area contributed by atoms with E-state index in [1.807, 2.05) is 0 Å². The number of Topliss-reactive ketones (excluding diaryl/α,β-unsaturated/α-hetero) is 1. The van der Waals surface area contributed by atoms with Crippen LogP contribution in [0.1, 0.15) is 71.1 Å². The summed E-state index contributed by atoms with van der Waals surface area (Å²) in [6, 6.07) is 28.0. The number of nitrogens with zero attached hydrogens (tertiary/aromatic N) is 2. The summed E-state index contributed by atoms with van der Waals surface area (Å²) in [5, 5.41) is 0. The number of piperidine rings is 1. The maximum atomic E-state index is 13.1. The van der Waals surface area contributed by atoms with Crippen molar-refractivity contribution in [1.29, 1.82) is 0 Å². The van der Waals surface area contributed by atoms with E-state index in [-0.39, 0.29) is 0 Å². The number of hydrogen-bond donors (Lipinski definition) is 0. The molecule has 1 saturated heterocycles. The fourth-order valence-corrected chi connectivity index (χ4v) is 5.95. The number of ketones is 1. The van der Waals surface area contributed by atoms with E-state index in [2.05, 4.69) is 88.7 Å². The van der Waals surface area contributed by atoms with E-state index in [9.17, 15) is 4.79 Å². The first-order valence-corrected chi connectivity index (χ1v) is 13.9. The zero-order valence-corrected chi connectivity index (χ0v) is 21.6. The van der Waals surface area contributed by atoms with Gasteiger partial charge in [0.05, 0.1) is 0 Å². The zero-order valence-electron chi connectivity index (χ0n) is 21.6. The van der Waals surface area contributed by atoms with Gasteiger partial charge in [0.25, 0.3) is 0 Å². The minimum Gasteiger partial charge on any atom is -0.299 e. The topological polar surface area (TPSA) is 23.6 Å². The molecule has 0 amide bonds. The number of carbonyl (C=O) groups excluding carboxylic acids is 1. The minimum atomic E-state index is 0.318. The van der Waals surface area contributed by atoms with Crippen molar-refractivity contribution in [3.8, 4) is 0 Å². The molecule has 2 aliphatic rings. The molecule has 2 aliphatic heterocycles. The van der Waals surface area contributed by atoms with E-state index in [0.29, 0.717) is 12.2 Å². The Kier molecular flexibility index (Phi) is 8.63. The number of fused-ring (bicyclic) bond motifs is 1. The molecule has 36 heavy (non-hydrogen) atoms. The predicted octanol–water partition coefficient (Wildman–Crippen LogP) is 6.90. The fourth-order valence-electron chi connectivity index (χ4n) is 5.95. The van der Waals surface area contributed by atoms with Crippen LogP contribution in [0.2, 0.25) is 0 Å². The Balaban J connectivity index is 1.08. The van der Waals surface area contributed by atoms with Gasteiger partial charge in [-0.15, -0.1) is 0 Å². The van der Waals surface area contributed by atoms with Crippen molar-refractivity contribution in [3.05, 3.63) is 107 Å². The molecule has 0 N–H and O–H groups in total. The predicted molar refractivity (Wildman–Crippen MR) is 148 cm³/mol. The van der Waals surface area contributed by atoms with Gasteiger partial charge >= 0.3 is 0 Å². The first-order chi connectivity index (χ1) is 17.7. The average molecular weight is 481 g/mol. The first-order valence-electron chi connectivity index (χ1n) is 13.9. The van der Waals surface area contributed by atoms with Gasteiger partial charge in [-0.05, 0) is 92.4 Å². The fraction of sp³-hybridized carbons (Fsp3) is 0.424. The van der Waals surface area contributed by atoms with Crippen LogP contribution < -0.4 is 0 Å². The third kappa shape index (κ3) is 6.93. The normalized spacial score (nSPS) is 17.4. The van der Waals surface area contributed by atoms with E-state index >= 15 is 0 Å². The Hall–Kier alpha value is -2.75. The number of aryl methyl sites for hydroxylation is 1. The SMILES string of the molecule is O=C(CCCC1CCN(Cc2ccccc2)CC1)c1ccc2c(c1)CN(Cc1ccccc1)CCC2. The standard InChI is InChI=1S/C33H40N2O/c36-33(15-7-13-27-18-21-34(22-19-27)24-28-9-3-1-4-10-28)31-17-16-30-14-8-20-35(26-32(30)23-31)25-29-11-5-2-6-12-29/h1-6,9-12,16-17,23,27H,7-8,13-15,18-22,24-26H2. The smallest absolute Gasteiger partial charge is 0.162 e. The molecule has 3 aromatic carbocycles. The van der Waals surface area contributed by atoms with Gasteiger partial charge < -0.3 is 0 Å². The molecule has 0 spiro atoms. The van der Waals surface area contributed by atoms with E-state index in [0.717, 1.165) is 50.5 Å². The van der Waals surface area contributed by atoms with Gasteiger partial charge in [-0.1, -0.05) is 72.8 Å². The highest BCUT2D eigenvalue weighted by Crippen LogP contribution is 2.26. The molecule has 0 unspecified atom stereocenters. The van der Waals surface area contributed by atoms with E-state index < -0.39 is 0 Å². The largest absolute Gasteiger partial charge is 0.299 e. The van der Waals surface area contributed by atoms with Crippen molar-refractivity contribution >= 4 is 5.78 Å². The van der Waals surface area contributed by atoms with Gasteiger partial charge in [-0.25, -0.2) is 0 Å². The Labute approximate surface area is 217 Å². The summed E-state index contributed by atoms with van der Waals surface area (Å²) in [4.78, 5) is 18.2. The second-order valence-electron chi connectivity index (χ2n) is 10.8. The number of benzene rings is 3. The lowest BCUT2D eigenvalue weighted by Gasteiger charge is -2.32. The van der Waals surface area contributed by atoms with E-state index in [1.54, 1.807) is 0 Å². The molecule has 188 valence electrons. The molecule has 0 atom stereocenters. The number of likely N-dealkylation sites (tertiary alicyclic amines) is 1. The number of hydrogen-bond acceptors (Lipinski definition) is 3. The molecule has 1 fully saturated rings. The first kappa shape index (κ1) is 24.9. The van der Waals surface area contributed by atoms with Crippen molar-refractivity contribution in [3.63, 3.8) is 0 Å². The van der Waals surface area contributed by atoms with Crippen molar-refractivity contribution in [2.45, 2.75) is 64.6 Å². The van der Waals surface area contributed by atoms with Crippen LogP contribution in [-0.2, 0) is 26.1 Å². The van der Waals surface area contributed by atoms with Crippen LogP contribution in [0.5, 0.6) is 0 Å². The molecule has 0 aliphatic carbocycles. The highest BCUT2D eigenvalue weighted by molar-refractivity contribution is 5.96. The number of rotatable bonds is 9. The van der Waals surface area contributed by atoms with Gasteiger partial charge in [0, 0.05) is 31.6 Å². The molecular weight excluding hydrogens is 440 g/mol. The lowest BCUT2D eigenvalue weighted by atomic mass is 9.90. The van der Waals surface area contributed by atoms with Crippen LogP contribution in [0.3, 0.4) is 0 Å². The summed E-state index contributed by atoms with van der Waals surface area (Å²) < 4.78 is 0. The summed E-state index contributed by atoms with van der Waals surface area (Å²) in [5.41, 5.74) is 6.45. The summed E-state index contributed by atoms with van der Waals surface area (Å²) in [7, 11) is 0. The third-order valence-electron chi connectivity index (χ3n) is 8.06. The van der Waals surface area contributed by atoms with E-state index in [1.165, 1.54) is 61.0 Å². The molecule has 0 radical (unpaired) electrons. The second-order valence-corrected chi connectivity index (χ2v) is 10.8. The summed E-state index contributed by atoms with van der Waals surface area (Å²) in [5.74, 6) is 1.08. The molecule has 3 aromatic rings. The Morgan fingerprint density at radius 2 is 1.42 bits per heavy atom. The average Bonchev–Trinajstić information content (AvgIpc) is 3.12. The Bertz CT molecular complexity index is 1100. The van der Waals surface area contributed by atoms with Crippen LogP contribution in [0.25, 0.3) is 0 Å². The Morgan fingerprint density at radius 3 is 2.11 bits per heavy atom. The lowest BCUT2D eigenvalue weighted by Crippen LogP contribution is -2.33. The van der Waals surface area contributed by atoms with Crippen molar-refractivity contribution < 1.29 is 4.79 Å². The van der Waals surface area contributed by atoms with Gasteiger partial charge in [-0.2, -0.15) is 0 Å². The van der Waals surface area contributed by atoms with Gasteiger partial charge in [-0.3, -0.25) is 14.6 Å². The quantitative estimate of drug-likeness (QED) is 0.311. The van der Waals surface area contributed by atoms with Gasteiger partial charge in [0.2, 0.25) is 0 Å². The monoisotopic (exact) mass is 480 g/mol. The second kappa shape index (κ2) is 12.5. The molecule has 3 heteroatoms. The van der Waals surface area contributed by atoms with Crippen LogP contribution in [0, 0.1) is 5.92 Å².